The monoisotopic (exact) mass is 344 g/mol. The van der Waals surface area contributed by atoms with E-state index in [0.29, 0.717) is 31.0 Å². The molecule has 0 saturated carbocycles. The molecule has 1 N–H and O–H groups in total. The maximum Gasteiger partial charge on any atom is 0.243 e. The van der Waals surface area contributed by atoms with Gasteiger partial charge >= 0.3 is 0 Å². The van der Waals surface area contributed by atoms with Crippen molar-refractivity contribution < 1.29 is 14.3 Å². The van der Waals surface area contributed by atoms with E-state index in [4.69, 9.17) is 10.00 Å². The first-order chi connectivity index (χ1) is 12.0. The lowest BCUT2D eigenvalue weighted by atomic mass is 10.1. The summed E-state index contributed by atoms with van der Waals surface area (Å²) in [5, 5.41) is 11.5. The number of nitriles is 1. The lowest BCUT2D eigenvalue weighted by molar-refractivity contribution is -0.142. The molecule has 1 fully saturated rings. The molecule has 0 aliphatic carbocycles. The predicted molar refractivity (Wildman–Crippen MR) is 93.0 cm³/mol. The van der Waals surface area contributed by atoms with Gasteiger partial charge in [0.1, 0.15) is 11.8 Å². The van der Waals surface area contributed by atoms with Crippen LogP contribution in [0, 0.1) is 11.3 Å². The van der Waals surface area contributed by atoms with Crippen molar-refractivity contribution in [2.75, 3.05) is 39.8 Å². The Morgan fingerprint density at radius 1 is 1.40 bits per heavy atom. The SMILES string of the molecule is CNC(=O)C1CN(CCCOc2cccc(C#N)c2)CCN1C(C)=O. The third-order valence-corrected chi connectivity index (χ3v) is 4.27. The maximum atomic E-state index is 12.0. The van der Waals surface area contributed by atoms with E-state index in [1.165, 1.54) is 6.92 Å². The van der Waals surface area contributed by atoms with Crippen LogP contribution in [0.15, 0.2) is 24.3 Å². The minimum atomic E-state index is -0.440. The summed E-state index contributed by atoms with van der Waals surface area (Å²) in [4.78, 5) is 27.5. The molecule has 25 heavy (non-hydrogen) atoms. The first kappa shape index (κ1) is 18.7. The Morgan fingerprint density at radius 2 is 2.20 bits per heavy atom. The predicted octanol–water partition coefficient (Wildman–Crippen LogP) is 0.606. The van der Waals surface area contributed by atoms with Crippen molar-refractivity contribution in [3.05, 3.63) is 29.8 Å². The fraction of sp³-hybridized carbons (Fsp3) is 0.500. The molecular formula is C18H24N4O3. The van der Waals surface area contributed by atoms with Gasteiger partial charge in [-0.1, -0.05) is 6.07 Å². The Hall–Kier alpha value is -2.59. The van der Waals surface area contributed by atoms with Crippen molar-refractivity contribution >= 4 is 11.8 Å². The molecule has 1 saturated heterocycles. The van der Waals surface area contributed by atoms with Gasteiger partial charge in [-0.15, -0.1) is 0 Å². The van der Waals surface area contributed by atoms with Crippen molar-refractivity contribution in [2.24, 2.45) is 0 Å². The van der Waals surface area contributed by atoms with E-state index in [2.05, 4.69) is 16.3 Å². The zero-order valence-corrected chi connectivity index (χ0v) is 14.7. The van der Waals surface area contributed by atoms with Gasteiger partial charge in [-0.3, -0.25) is 14.5 Å². The Kier molecular flexibility index (Phi) is 6.78. The second-order valence-corrected chi connectivity index (χ2v) is 5.98. The van der Waals surface area contributed by atoms with Gasteiger partial charge < -0.3 is 15.0 Å². The summed E-state index contributed by atoms with van der Waals surface area (Å²) < 4.78 is 5.67. The van der Waals surface area contributed by atoms with E-state index in [-0.39, 0.29) is 11.8 Å². The molecule has 1 heterocycles. The minimum absolute atomic E-state index is 0.0750. The van der Waals surface area contributed by atoms with Crippen LogP contribution in [-0.4, -0.2) is 67.5 Å². The molecule has 2 rings (SSSR count). The quantitative estimate of drug-likeness (QED) is 0.764. The number of carbonyl (C=O) groups is 2. The van der Waals surface area contributed by atoms with Crippen LogP contribution in [-0.2, 0) is 9.59 Å². The number of ether oxygens (including phenoxy) is 1. The molecule has 1 aromatic rings. The molecule has 0 spiro atoms. The van der Waals surface area contributed by atoms with Gasteiger partial charge in [-0.05, 0) is 24.6 Å². The second kappa shape index (κ2) is 9.04. The van der Waals surface area contributed by atoms with Gasteiger partial charge in [0.05, 0.1) is 18.2 Å². The molecule has 1 unspecified atom stereocenters. The standard InChI is InChI=1S/C18H24N4O3/c1-14(23)22-9-8-21(13-17(22)18(24)20-2)7-4-10-25-16-6-3-5-15(11-16)12-19/h3,5-6,11,17H,4,7-10,13H2,1-2H3,(H,20,24). The molecule has 134 valence electrons. The summed E-state index contributed by atoms with van der Waals surface area (Å²) in [6, 6.07) is 8.72. The van der Waals surface area contributed by atoms with Crippen molar-refractivity contribution in [2.45, 2.75) is 19.4 Å². The number of hydrogen-bond donors (Lipinski definition) is 1. The lowest BCUT2D eigenvalue weighted by Gasteiger charge is -2.40. The summed E-state index contributed by atoms with van der Waals surface area (Å²) in [5.74, 6) is 0.474. The van der Waals surface area contributed by atoms with Gasteiger partial charge in [-0.2, -0.15) is 5.26 Å². The number of likely N-dealkylation sites (N-methyl/N-ethyl adjacent to an activating group) is 1. The highest BCUT2D eigenvalue weighted by Crippen LogP contribution is 2.14. The Balaban J connectivity index is 1.80. The number of amides is 2. The third-order valence-electron chi connectivity index (χ3n) is 4.27. The van der Waals surface area contributed by atoms with Gasteiger partial charge in [-0.25, -0.2) is 0 Å². The van der Waals surface area contributed by atoms with E-state index in [1.807, 2.05) is 6.07 Å². The van der Waals surface area contributed by atoms with E-state index < -0.39 is 6.04 Å². The minimum Gasteiger partial charge on any atom is -0.494 e. The Bertz CT molecular complexity index is 656. The van der Waals surface area contributed by atoms with E-state index >= 15 is 0 Å². The first-order valence-corrected chi connectivity index (χ1v) is 8.39. The van der Waals surface area contributed by atoms with Crippen LogP contribution in [0.1, 0.15) is 18.9 Å². The molecule has 0 aromatic heterocycles. The average Bonchev–Trinajstić information content (AvgIpc) is 2.64. The molecule has 0 bridgehead atoms. The number of hydrogen-bond acceptors (Lipinski definition) is 5. The summed E-state index contributed by atoms with van der Waals surface area (Å²) in [7, 11) is 1.59. The highest BCUT2D eigenvalue weighted by molar-refractivity contribution is 5.87. The fourth-order valence-corrected chi connectivity index (χ4v) is 2.94. The van der Waals surface area contributed by atoms with Crippen LogP contribution < -0.4 is 10.1 Å². The van der Waals surface area contributed by atoms with Crippen LogP contribution in [0.4, 0.5) is 0 Å². The molecule has 7 heteroatoms. The molecule has 0 radical (unpaired) electrons. The summed E-state index contributed by atoms with van der Waals surface area (Å²) in [6.45, 7) is 4.65. The molecule has 1 aliphatic rings. The third kappa shape index (κ3) is 5.19. The van der Waals surface area contributed by atoms with Crippen LogP contribution in [0.3, 0.4) is 0 Å². The van der Waals surface area contributed by atoms with Gasteiger partial charge in [0.2, 0.25) is 11.8 Å². The maximum absolute atomic E-state index is 12.0. The van der Waals surface area contributed by atoms with Gasteiger partial charge in [0.15, 0.2) is 0 Å². The van der Waals surface area contributed by atoms with Crippen molar-refractivity contribution in [3.63, 3.8) is 0 Å². The Morgan fingerprint density at radius 3 is 2.88 bits per heavy atom. The molecule has 7 nitrogen and oxygen atoms in total. The number of benzene rings is 1. The molecular weight excluding hydrogens is 320 g/mol. The zero-order chi connectivity index (χ0) is 18.2. The van der Waals surface area contributed by atoms with E-state index in [0.717, 1.165) is 19.5 Å². The smallest absolute Gasteiger partial charge is 0.243 e. The second-order valence-electron chi connectivity index (χ2n) is 5.98. The van der Waals surface area contributed by atoms with Crippen molar-refractivity contribution in [1.82, 2.24) is 15.1 Å². The highest BCUT2D eigenvalue weighted by Gasteiger charge is 2.32. The molecule has 1 aromatic carbocycles. The fourth-order valence-electron chi connectivity index (χ4n) is 2.94. The number of rotatable bonds is 6. The zero-order valence-electron chi connectivity index (χ0n) is 14.7. The average molecular weight is 344 g/mol. The topological polar surface area (TPSA) is 85.7 Å². The van der Waals surface area contributed by atoms with E-state index in [9.17, 15) is 9.59 Å². The number of piperazine rings is 1. The van der Waals surface area contributed by atoms with Gasteiger partial charge in [0, 0.05) is 40.2 Å². The van der Waals surface area contributed by atoms with Crippen molar-refractivity contribution in [3.8, 4) is 11.8 Å². The van der Waals surface area contributed by atoms with E-state index in [1.54, 1.807) is 30.1 Å². The van der Waals surface area contributed by atoms with Crippen LogP contribution >= 0.6 is 0 Å². The summed E-state index contributed by atoms with van der Waals surface area (Å²) >= 11 is 0. The van der Waals surface area contributed by atoms with Crippen LogP contribution in [0.5, 0.6) is 5.75 Å². The van der Waals surface area contributed by atoms with Crippen LogP contribution in [0.25, 0.3) is 0 Å². The highest BCUT2D eigenvalue weighted by atomic mass is 16.5. The largest absolute Gasteiger partial charge is 0.494 e. The van der Waals surface area contributed by atoms with Gasteiger partial charge in [0.25, 0.3) is 0 Å². The molecule has 1 aliphatic heterocycles. The number of nitrogens with zero attached hydrogens (tertiary/aromatic N) is 3. The Labute approximate surface area is 148 Å². The molecule has 1 atom stereocenters. The number of carbonyl (C=O) groups excluding carboxylic acids is 2. The molecule has 2 amide bonds. The summed E-state index contributed by atoms with van der Waals surface area (Å²) in [6.07, 6.45) is 0.803. The lowest BCUT2D eigenvalue weighted by Crippen LogP contribution is -2.59. The van der Waals surface area contributed by atoms with Crippen molar-refractivity contribution in [1.29, 1.82) is 5.26 Å². The summed E-state index contributed by atoms with van der Waals surface area (Å²) in [5.41, 5.74) is 0.575. The number of nitrogens with one attached hydrogen (secondary N) is 1. The first-order valence-electron chi connectivity index (χ1n) is 8.39. The normalized spacial score (nSPS) is 17.6. The van der Waals surface area contributed by atoms with Crippen LogP contribution in [0.2, 0.25) is 0 Å².